The molecule has 0 aromatic carbocycles. The minimum Gasteiger partial charge on any atom is -0.329 e. The summed E-state index contributed by atoms with van der Waals surface area (Å²) < 4.78 is 0. The van der Waals surface area contributed by atoms with Gasteiger partial charge < -0.3 is 5.73 Å². The Kier molecular flexibility index (Phi) is 5.34. The van der Waals surface area contributed by atoms with E-state index in [0.29, 0.717) is 12.6 Å². The zero-order chi connectivity index (χ0) is 13.7. The Morgan fingerprint density at radius 1 is 1.42 bits per heavy atom. The quantitative estimate of drug-likeness (QED) is 0.906. The summed E-state index contributed by atoms with van der Waals surface area (Å²) in [6.45, 7) is 7.50. The van der Waals surface area contributed by atoms with Gasteiger partial charge in [-0.25, -0.2) is 0 Å². The van der Waals surface area contributed by atoms with Crippen molar-refractivity contribution >= 4 is 0 Å². The summed E-state index contributed by atoms with van der Waals surface area (Å²) in [7, 11) is 0. The van der Waals surface area contributed by atoms with E-state index in [2.05, 4.69) is 29.8 Å². The Morgan fingerprint density at radius 2 is 2.26 bits per heavy atom. The van der Waals surface area contributed by atoms with Crippen molar-refractivity contribution in [2.45, 2.75) is 45.6 Å². The van der Waals surface area contributed by atoms with Gasteiger partial charge in [0.25, 0.3) is 0 Å². The number of aryl methyl sites for hydroxylation is 1. The molecule has 1 aromatic heterocycles. The molecule has 2 atom stereocenters. The van der Waals surface area contributed by atoms with Gasteiger partial charge in [-0.05, 0) is 62.4 Å². The van der Waals surface area contributed by atoms with E-state index < -0.39 is 0 Å². The van der Waals surface area contributed by atoms with E-state index in [1.807, 2.05) is 12.4 Å². The fourth-order valence-corrected chi connectivity index (χ4v) is 3.21. The van der Waals surface area contributed by atoms with Crippen molar-refractivity contribution in [3.63, 3.8) is 0 Å². The molecule has 19 heavy (non-hydrogen) atoms. The normalized spacial score (nSPS) is 23.0. The van der Waals surface area contributed by atoms with Crippen LogP contribution in [0.5, 0.6) is 0 Å². The number of nitrogens with zero attached hydrogens (tertiary/aromatic N) is 2. The number of hydrogen-bond acceptors (Lipinski definition) is 3. The molecule has 1 aliphatic heterocycles. The number of hydrogen-bond donors (Lipinski definition) is 1. The molecule has 0 spiro atoms. The highest BCUT2D eigenvalue weighted by molar-refractivity contribution is 5.25. The Bertz CT molecular complexity index is 391. The van der Waals surface area contributed by atoms with E-state index >= 15 is 0 Å². The van der Waals surface area contributed by atoms with Crippen molar-refractivity contribution in [1.82, 2.24) is 9.88 Å². The third kappa shape index (κ3) is 3.54. The van der Waals surface area contributed by atoms with E-state index in [0.717, 1.165) is 5.92 Å². The van der Waals surface area contributed by atoms with Crippen LogP contribution in [-0.2, 0) is 0 Å². The molecule has 1 aliphatic rings. The molecular formula is C16H27N3. The highest BCUT2D eigenvalue weighted by Crippen LogP contribution is 2.27. The van der Waals surface area contributed by atoms with E-state index in [1.165, 1.54) is 49.9 Å². The smallest absolute Gasteiger partial charge is 0.0488 e. The van der Waals surface area contributed by atoms with Crippen LogP contribution in [0, 0.1) is 12.8 Å². The van der Waals surface area contributed by atoms with Gasteiger partial charge in [0.1, 0.15) is 0 Å². The van der Waals surface area contributed by atoms with Gasteiger partial charge in [0.05, 0.1) is 0 Å². The SMILES string of the molecule is CCC1CCCN(C(CN)c2cnccc2C)CC1. The summed E-state index contributed by atoms with van der Waals surface area (Å²) in [4.78, 5) is 6.85. The molecule has 3 heteroatoms. The molecule has 0 amide bonds. The summed E-state index contributed by atoms with van der Waals surface area (Å²) in [5, 5.41) is 0. The average molecular weight is 261 g/mol. The molecule has 1 saturated heterocycles. The van der Waals surface area contributed by atoms with Gasteiger partial charge in [-0.15, -0.1) is 0 Å². The van der Waals surface area contributed by atoms with Crippen LogP contribution in [-0.4, -0.2) is 29.5 Å². The van der Waals surface area contributed by atoms with Gasteiger partial charge in [0.15, 0.2) is 0 Å². The molecule has 0 saturated carbocycles. The minimum absolute atomic E-state index is 0.337. The molecule has 0 radical (unpaired) electrons. The second-order valence-corrected chi connectivity index (χ2v) is 5.72. The second-order valence-electron chi connectivity index (χ2n) is 5.72. The maximum absolute atomic E-state index is 6.05. The van der Waals surface area contributed by atoms with Crippen molar-refractivity contribution in [1.29, 1.82) is 0 Å². The fraction of sp³-hybridized carbons (Fsp3) is 0.688. The summed E-state index contributed by atoms with van der Waals surface area (Å²) in [6.07, 6.45) is 9.15. The lowest BCUT2D eigenvalue weighted by Gasteiger charge is -2.30. The molecular weight excluding hydrogens is 234 g/mol. The lowest BCUT2D eigenvalue weighted by atomic mass is 9.98. The van der Waals surface area contributed by atoms with Crippen molar-refractivity contribution in [3.05, 3.63) is 29.6 Å². The lowest BCUT2D eigenvalue weighted by Crippen LogP contribution is -2.35. The van der Waals surface area contributed by atoms with Crippen LogP contribution in [0.2, 0.25) is 0 Å². The average Bonchev–Trinajstić information content (AvgIpc) is 2.67. The van der Waals surface area contributed by atoms with E-state index in [4.69, 9.17) is 5.73 Å². The van der Waals surface area contributed by atoms with Crippen LogP contribution in [0.25, 0.3) is 0 Å². The third-order valence-corrected chi connectivity index (χ3v) is 4.56. The van der Waals surface area contributed by atoms with E-state index in [1.54, 1.807) is 0 Å². The van der Waals surface area contributed by atoms with Gasteiger partial charge in [-0.1, -0.05) is 13.3 Å². The monoisotopic (exact) mass is 261 g/mol. The van der Waals surface area contributed by atoms with Crippen LogP contribution >= 0.6 is 0 Å². The molecule has 2 unspecified atom stereocenters. The molecule has 2 rings (SSSR count). The fourth-order valence-electron chi connectivity index (χ4n) is 3.21. The number of nitrogens with two attached hydrogens (primary N) is 1. The van der Waals surface area contributed by atoms with E-state index in [9.17, 15) is 0 Å². The molecule has 0 bridgehead atoms. The van der Waals surface area contributed by atoms with Gasteiger partial charge in [-0.3, -0.25) is 9.88 Å². The van der Waals surface area contributed by atoms with Crippen LogP contribution in [0.1, 0.15) is 49.8 Å². The summed E-state index contributed by atoms with van der Waals surface area (Å²) in [5.74, 6) is 0.901. The van der Waals surface area contributed by atoms with Crippen LogP contribution in [0.15, 0.2) is 18.5 Å². The maximum Gasteiger partial charge on any atom is 0.0488 e. The van der Waals surface area contributed by atoms with Gasteiger partial charge >= 0.3 is 0 Å². The van der Waals surface area contributed by atoms with Gasteiger partial charge in [-0.2, -0.15) is 0 Å². The highest BCUT2D eigenvalue weighted by Gasteiger charge is 2.23. The summed E-state index contributed by atoms with van der Waals surface area (Å²) >= 11 is 0. The standard InChI is InChI=1S/C16H27N3/c1-3-14-5-4-9-19(10-7-14)16(11-17)15-12-18-8-6-13(15)2/h6,8,12,14,16H,3-5,7,9-11,17H2,1-2H3. The number of pyridine rings is 1. The number of aromatic nitrogens is 1. The first kappa shape index (κ1) is 14.5. The molecule has 3 nitrogen and oxygen atoms in total. The molecule has 1 aromatic rings. The van der Waals surface area contributed by atoms with Crippen LogP contribution in [0.3, 0.4) is 0 Å². The molecule has 1 fully saturated rings. The number of rotatable bonds is 4. The maximum atomic E-state index is 6.05. The Balaban J connectivity index is 2.11. The summed E-state index contributed by atoms with van der Waals surface area (Å²) in [6, 6.07) is 2.43. The Morgan fingerprint density at radius 3 is 2.95 bits per heavy atom. The molecule has 106 valence electrons. The first-order valence-corrected chi connectivity index (χ1v) is 7.60. The highest BCUT2D eigenvalue weighted by atomic mass is 15.2. The third-order valence-electron chi connectivity index (χ3n) is 4.56. The van der Waals surface area contributed by atoms with Crippen molar-refractivity contribution in [2.24, 2.45) is 11.7 Å². The predicted molar refractivity (Wildman–Crippen MR) is 80.0 cm³/mol. The Labute approximate surface area is 117 Å². The van der Waals surface area contributed by atoms with Crippen molar-refractivity contribution in [3.8, 4) is 0 Å². The molecule has 0 aliphatic carbocycles. The van der Waals surface area contributed by atoms with Crippen molar-refractivity contribution < 1.29 is 0 Å². The molecule has 2 heterocycles. The first-order chi connectivity index (χ1) is 9.26. The Hall–Kier alpha value is -0.930. The zero-order valence-corrected chi connectivity index (χ0v) is 12.3. The topological polar surface area (TPSA) is 42.1 Å². The summed E-state index contributed by atoms with van der Waals surface area (Å²) in [5.41, 5.74) is 8.67. The predicted octanol–water partition coefficient (Wildman–Crippen LogP) is 2.90. The van der Waals surface area contributed by atoms with E-state index in [-0.39, 0.29) is 0 Å². The second kappa shape index (κ2) is 7.01. The first-order valence-electron chi connectivity index (χ1n) is 7.60. The van der Waals surface area contributed by atoms with Gasteiger partial charge in [0.2, 0.25) is 0 Å². The number of likely N-dealkylation sites (tertiary alicyclic amines) is 1. The van der Waals surface area contributed by atoms with Crippen molar-refractivity contribution in [2.75, 3.05) is 19.6 Å². The lowest BCUT2D eigenvalue weighted by molar-refractivity contribution is 0.206. The van der Waals surface area contributed by atoms with Crippen LogP contribution in [0.4, 0.5) is 0 Å². The van der Waals surface area contributed by atoms with Gasteiger partial charge in [0, 0.05) is 25.0 Å². The van der Waals surface area contributed by atoms with Crippen LogP contribution < -0.4 is 5.73 Å². The zero-order valence-electron chi connectivity index (χ0n) is 12.3. The largest absolute Gasteiger partial charge is 0.329 e. The minimum atomic E-state index is 0.337. The molecule has 2 N–H and O–H groups in total.